The minimum Gasteiger partial charge on any atom is -0.350 e. The Morgan fingerprint density at radius 1 is 1.35 bits per heavy atom. The number of thiophene rings is 1. The Kier molecular flexibility index (Phi) is 5.90. The monoisotopic (exact) mass is 420 g/mol. The van der Waals surface area contributed by atoms with Crippen LogP contribution in [-0.4, -0.2) is 32.2 Å². The van der Waals surface area contributed by atoms with E-state index >= 15 is 0 Å². The molecule has 0 unspecified atom stereocenters. The second-order valence-corrected chi connectivity index (χ2v) is 8.68. The Hall–Kier alpha value is -1.29. The molecule has 0 bridgehead atoms. The van der Waals surface area contributed by atoms with Crippen LogP contribution in [0.25, 0.3) is 0 Å². The van der Waals surface area contributed by atoms with E-state index in [0.29, 0.717) is 6.54 Å². The van der Waals surface area contributed by atoms with Crippen molar-refractivity contribution in [2.75, 3.05) is 13.6 Å². The number of halogens is 2. The second-order valence-electron chi connectivity index (χ2n) is 4.72. The topological polar surface area (TPSA) is 66.5 Å². The summed E-state index contributed by atoms with van der Waals surface area (Å²) in [4.78, 5) is 12.8. The highest BCUT2D eigenvalue weighted by Crippen LogP contribution is 2.19. The smallest absolute Gasteiger partial charge is 0.243 e. The van der Waals surface area contributed by atoms with Gasteiger partial charge in [0.2, 0.25) is 15.9 Å². The number of amides is 1. The van der Waals surface area contributed by atoms with Gasteiger partial charge in [-0.05, 0) is 46.3 Å². The number of sulfonamides is 1. The van der Waals surface area contributed by atoms with Crippen LogP contribution in [0.3, 0.4) is 0 Å². The molecule has 1 amide bonds. The Balaban J connectivity index is 1.95. The molecule has 0 aliphatic rings. The number of nitrogens with zero attached hydrogens (tertiary/aromatic N) is 1. The van der Waals surface area contributed by atoms with Crippen molar-refractivity contribution in [3.8, 4) is 0 Å². The SMILES string of the molecule is CN(CC(=O)NCc1cc(Br)cs1)S(=O)(=O)c1ccc(F)cc1. The van der Waals surface area contributed by atoms with Crippen LogP contribution in [0.15, 0.2) is 45.1 Å². The van der Waals surface area contributed by atoms with Crippen LogP contribution in [-0.2, 0) is 21.4 Å². The van der Waals surface area contributed by atoms with Crippen molar-refractivity contribution in [3.05, 3.63) is 50.9 Å². The zero-order valence-electron chi connectivity index (χ0n) is 12.1. The maximum atomic E-state index is 12.9. The summed E-state index contributed by atoms with van der Waals surface area (Å²) >= 11 is 4.81. The molecule has 0 aliphatic heterocycles. The lowest BCUT2D eigenvalue weighted by atomic mass is 10.4. The summed E-state index contributed by atoms with van der Waals surface area (Å²) in [5.41, 5.74) is 0. The molecule has 0 aliphatic carbocycles. The van der Waals surface area contributed by atoms with E-state index in [9.17, 15) is 17.6 Å². The van der Waals surface area contributed by atoms with Crippen LogP contribution in [0.4, 0.5) is 4.39 Å². The van der Waals surface area contributed by atoms with Gasteiger partial charge in [-0.3, -0.25) is 4.79 Å². The molecular weight excluding hydrogens is 407 g/mol. The maximum absolute atomic E-state index is 12.9. The van der Waals surface area contributed by atoms with Crippen LogP contribution in [0.2, 0.25) is 0 Å². The van der Waals surface area contributed by atoms with Crippen LogP contribution < -0.4 is 5.32 Å². The predicted molar refractivity (Wildman–Crippen MR) is 90.1 cm³/mol. The van der Waals surface area contributed by atoms with Crippen molar-refractivity contribution in [2.45, 2.75) is 11.4 Å². The van der Waals surface area contributed by atoms with E-state index in [2.05, 4.69) is 21.2 Å². The third-order valence-electron chi connectivity index (χ3n) is 2.97. The molecule has 2 rings (SSSR count). The summed E-state index contributed by atoms with van der Waals surface area (Å²) < 4.78 is 39.3. The van der Waals surface area contributed by atoms with Crippen molar-refractivity contribution in [3.63, 3.8) is 0 Å². The van der Waals surface area contributed by atoms with Gasteiger partial charge in [0.25, 0.3) is 0 Å². The molecule has 0 fully saturated rings. The van der Waals surface area contributed by atoms with Gasteiger partial charge in [0.1, 0.15) is 5.82 Å². The van der Waals surface area contributed by atoms with Crippen LogP contribution in [0.5, 0.6) is 0 Å². The van der Waals surface area contributed by atoms with E-state index in [4.69, 9.17) is 0 Å². The molecular formula is C14H14BrFN2O3S2. The van der Waals surface area contributed by atoms with Gasteiger partial charge in [0.05, 0.1) is 18.0 Å². The fourth-order valence-electron chi connectivity index (χ4n) is 1.76. The fraction of sp³-hybridized carbons (Fsp3) is 0.214. The Bertz CT molecular complexity index is 791. The average Bonchev–Trinajstić information content (AvgIpc) is 2.91. The fourth-order valence-corrected chi connectivity index (χ4v) is 4.28. The van der Waals surface area contributed by atoms with Gasteiger partial charge in [-0.2, -0.15) is 4.31 Å². The minimum atomic E-state index is -3.83. The normalized spacial score (nSPS) is 11.7. The number of hydrogen-bond acceptors (Lipinski definition) is 4. The lowest BCUT2D eigenvalue weighted by Gasteiger charge is -2.16. The molecule has 0 atom stereocenters. The first-order valence-corrected chi connectivity index (χ1v) is 9.62. The molecule has 5 nitrogen and oxygen atoms in total. The Morgan fingerprint density at radius 2 is 2.00 bits per heavy atom. The van der Waals surface area contributed by atoms with E-state index in [1.807, 2.05) is 11.4 Å². The first kappa shape index (κ1) is 18.1. The highest BCUT2D eigenvalue weighted by molar-refractivity contribution is 9.10. The van der Waals surface area contributed by atoms with Crippen molar-refractivity contribution in [1.82, 2.24) is 9.62 Å². The van der Waals surface area contributed by atoms with Gasteiger partial charge < -0.3 is 5.32 Å². The number of hydrogen-bond donors (Lipinski definition) is 1. The maximum Gasteiger partial charge on any atom is 0.243 e. The Morgan fingerprint density at radius 3 is 2.57 bits per heavy atom. The molecule has 0 saturated heterocycles. The molecule has 0 saturated carbocycles. The van der Waals surface area contributed by atoms with E-state index < -0.39 is 21.7 Å². The zero-order valence-corrected chi connectivity index (χ0v) is 15.3. The lowest BCUT2D eigenvalue weighted by Crippen LogP contribution is -2.38. The van der Waals surface area contributed by atoms with E-state index in [0.717, 1.165) is 25.8 Å². The molecule has 2 aromatic rings. The molecule has 124 valence electrons. The standard InChI is InChI=1S/C14H14BrFN2O3S2/c1-18(23(20,21)13-4-2-11(16)3-5-13)8-14(19)17-7-12-6-10(15)9-22-12/h2-6,9H,7-8H2,1H3,(H,17,19). The van der Waals surface area contributed by atoms with E-state index in [1.54, 1.807) is 0 Å². The molecule has 9 heteroatoms. The van der Waals surface area contributed by atoms with Gasteiger partial charge in [-0.25, -0.2) is 12.8 Å². The average molecular weight is 421 g/mol. The number of rotatable bonds is 6. The van der Waals surface area contributed by atoms with E-state index in [1.165, 1.54) is 30.5 Å². The molecule has 23 heavy (non-hydrogen) atoms. The number of carbonyl (C=O) groups is 1. The largest absolute Gasteiger partial charge is 0.350 e. The molecule has 1 heterocycles. The number of carbonyl (C=O) groups excluding carboxylic acids is 1. The quantitative estimate of drug-likeness (QED) is 0.780. The highest BCUT2D eigenvalue weighted by Gasteiger charge is 2.22. The van der Waals surface area contributed by atoms with Crippen molar-refractivity contribution < 1.29 is 17.6 Å². The highest BCUT2D eigenvalue weighted by atomic mass is 79.9. The molecule has 1 aromatic heterocycles. The van der Waals surface area contributed by atoms with Gasteiger partial charge >= 0.3 is 0 Å². The molecule has 1 aromatic carbocycles. The van der Waals surface area contributed by atoms with E-state index in [-0.39, 0.29) is 11.4 Å². The zero-order chi connectivity index (χ0) is 17.0. The van der Waals surface area contributed by atoms with Crippen molar-refractivity contribution >= 4 is 43.2 Å². The summed E-state index contributed by atoms with van der Waals surface area (Å²) in [6.45, 7) is 0.0196. The summed E-state index contributed by atoms with van der Waals surface area (Å²) in [5, 5.41) is 4.56. The number of benzene rings is 1. The molecule has 0 spiro atoms. The first-order chi connectivity index (χ1) is 10.8. The predicted octanol–water partition coefficient (Wildman–Crippen LogP) is 2.59. The van der Waals surface area contributed by atoms with Crippen LogP contribution in [0, 0.1) is 5.82 Å². The number of likely N-dealkylation sites (N-methyl/N-ethyl adjacent to an activating group) is 1. The van der Waals surface area contributed by atoms with Gasteiger partial charge in [0.15, 0.2) is 0 Å². The van der Waals surface area contributed by atoms with Gasteiger partial charge in [-0.1, -0.05) is 0 Å². The summed E-state index contributed by atoms with van der Waals surface area (Å²) in [7, 11) is -2.52. The van der Waals surface area contributed by atoms with Crippen LogP contribution >= 0.6 is 27.3 Å². The minimum absolute atomic E-state index is 0.0589. The molecule has 1 N–H and O–H groups in total. The third-order valence-corrected chi connectivity index (χ3v) is 6.48. The second kappa shape index (κ2) is 7.52. The van der Waals surface area contributed by atoms with Crippen LogP contribution in [0.1, 0.15) is 4.88 Å². The third kappa shape index (κ3) is 4.84. The molecule has 0 radical (unpaired) electrons. The summed E-state index contributed by atoms with van der Waals surface area (Å²) in [6.07, 6.45) is 0. The van der Waals surface area contributed by atoms with Crippen molar-refractivity contribution in [1.29, 1.82) is 0 Å². The van der Waals surface area contributed by atoms with Crippen molar-refractivity contribution in [2.24, 2.45) is 0 Å². The first-order valence-electron chi connectivity index (χ1n) is 6.50. The van der Waals surface area contributed by atoms with Gasteiger partial charge in [0, 0.05) is 21.8 Å². The summed E-state index contributed by atoms with van der Waals surface area (Å²) in [5.74, 6) is -0.936. The Labute approximate surface area is 146 Å². The van der Waals surface area contributed by atoms with Gasteiger partial charge in [-0.15, -0.1) is 11.3 Å². The lowest BCUT2D eigenvalue weighted by molar-refractivity contribution is -0.121. The number of nitrogens with one attached hydrogen (secondary N) is 1. The summed E-state index contributed by atoms with van der Waals surface area (Å²) in [6, 6.07) is 6.35.